The molecule has 0 aromatic heterocycles. The molecule has 57 heavy (non-hydrogen) atoms. The van der Waals surface area contributed by atoms with Gasteiger partial charge in [-0.25, -0.2) is 9.59 Å². The van der Waals surface area contributed by atoms with Crippen LogP contribution in [0.5, 0.6) is 0 Å². The molecule has 0 saturated carbocycles. The molecule has 0 bridgehead atoms. The number of carbonyl (C=O) groups is 6. The van der Waals surface area contributed by atoms with Crippen molar-refractivity contribution in [1.29, 1.82) is 0 Å². The third kappa shape index (κ3) is 10.2. The highest BCUT2D eigenvalue weighted by Gasteiger charge is 2.62. The first kappa shape index (κ1) is 42.3. The van der Waals surface area contributed by atoms with Crippen LogP contribution in [0.2, 0.25) is 0 Å². The first-order chi connectivity index (χ1) is 27.0. The molecule has 14 heteroatoms. The van der Waals surface area contributed by atoms with Gasteiger partial charge in [-0.05, 0) is 97.3 Å². The van der Waals surface area contributed by atoms with Crippen LogP contribution in [0, 0.1) is 11.8 Å². The van der Waals surface area contributed by atoms with Crippen molar-refractivity contribution in [3.63, 3.8) is 0 Å². The van der Waals surface area contributed by atoms with Gasteiger partial charge in [0, 0.05) is 47.9 Å². The van der Waals surface area contributed by atoms with Crippen LogP contribution < -0.4 is 10.6 Å². The number of allylic oxidation sites excluding steroid dienone is 2. The second-order valence-corrected chi connectivity index (χ2v) is 17.4. The zero-order valence-corrected chi connectivity index (χ0v) is 33.2. The van der Waals surface area contributed by atoms with E-state index in [2.05, 4.69) is 35.9 Å². The Morgan fingerprint density at radius 3 is 1.70 bits per heavy atom. The van der Waals surface area contributed by atoms with E-state index in [0.29, 0.717) is 101 Å². The molecule has 4 heterocycles. The van der Waals surface area contributed by atoms with E-state index in [1.165, 1.54) is 0 Å². The molecule has 2 amide bonds. The van der Waals surface area contributed by atoms with E-state index in [-0.39, 0.29) is 61.5 Å². The van der Waals surface area contributed by atoms with Crippen molar-refractivity contribution in [3.05, 3.63) is 47.6 Å². The number of unbranched alkanes of at least 4 members (excludes halogenated alkanes) is 1. The molecule has 8 atom stereocenters. The summed E-state index contributed by atoms with van der Waals surface area (Å²) in [6.45, 7) is 12.5. The van der Waals surface area contributed by atoms with E-state index in [0.717, 1.165) is 11.1 Å². The van der Waals surface area contributed by atoms with Gasteiger partial charge >= 0.3 is 23.9 Å². The number of carboxylic acids is 2. The topological polar surface area (TPSA) is 210 Å². The lowest BCUT2D eigenvalue weighted by Crippen LogP contribution is -2.49. The van der Waals surface area contributed by atoms with Gasteiger partial charge in [0.25, 0.3) is 0 Å². The van der Waals surface area contributed by atoms with Crippen molar-refractivity contribution < 1.29 is 57.9 Å². The Hall–Kier alpha value is -4.30. The molecular weight excluding hydrogens is 736 g/mol. The van der Waals surface area contributed by atoms with Crippen molar-refractivity contribution in [2.24, 2.45) is 11.8 Å². The van der Waals surface area contributed by atoms with Crippen LogP contribution in [0.1, 0.15) is 123 Å². The Morgan fingerprint density at radius 2 is 1.23 bits per heavy atom. The zero-order valence-electron chi connectivity index (χ0n) is 33.2. The summed E-state index contributed by atoms with van der Waals surface area (Å²) in [6.07, 6.45) is 10.2. The SMILES string of the molecule is C=C1C(=O)O[C@H]2[C@H]1CC/C(CC(CCCCNC(=O)CCC(=O)O)(C/C1=C/CC[C@@]3(C)O[C@H]3[C@H]3OC(=O)C(=C)[C@@H]3CC1)NC(=O)CCC(=O)O)=C\CC[C@@]1(C)O[C@@H]21. The summed E-state index contributed by atoms with van der Waals surface area (Å²) in [5, 5.41) is 24.6. The Morgan fingerprint density at radius 1 is 0.754 bits per heavy atom. The van der Waals surface area contributed by atoms with Gasteiger partial charge in [-0.15, -0.1) is 0 Å². The number of hydrogen-bond donors (Lipinski definition) is 4. The predicted octanol–water partition coefficient (Wildman–Crippen LogP) is 5.15. The minimum atomic E-state index is -1.08. The average molecular weight is 795 g/mol. The molecule has 6 aliphatic rings. The molecule has 14 nitrogen and oxygen atoms in total. The summed E-state index contributed by atoms with van der Waals surface area (Å²) >= 11 is 0. The molecule has 2 aliphatic carbocycles. The fourth-order valence-corrected chi connectivity index (χ4v) is 9.52. The Labute approximate surface area is 333 Å². The van der Waals surface area contributed by atoms with Gasteiger partial charge in [-0.2, -0.15) is 0 Å². The highest BCUT2D eigenvalue weighted by atomic mass is 16.7. The lowest BCUT2D eigenvalue weighted by molar-refractivity contribution is -0.140. The monoisotopic (exact) mass is 794 g/mol. The van der Waals surface area contributed by atoms with Gasteiger partial charge in [-0.3, -0.25) is 19.2 Å². The van der Waals surface area contributed by atoms with Gasteiger partial charge in [0.15, 0.2) is 0 Å². The number of esters is 2. The summed E-state index contributed by atoms with van der Waals surface area (Å²) in [5.74, 6) is -4.09. The number of nitrogens with one attached hydrogen (secondary N) is 2. The molecule has 0 unspecified atom stereocenters. The maximum absolute atomic E-state index is 13.8. The second-order valence-electron chi connectivity index (χ2n) is 17.4. The number of carbonyl (C=O) groups excluding carboxylic acids is 4. The van der Waals surface area contributed by atoms with Crippen LogP contribution in [-0.4, -0.2) is 93.6 Å². The Bertz CT molecular complexity index is 1650. The summed E-state index contributed by atoms with van der Waals surface area (Å²) in [6, 6.07) is 0. The van der Waals surface area contributed by atoms with Crippen LogP contribution in [0.15, 0.2) is 47.6 Å². The Kier molecular flexibility index (Phi) is 12.8. The van der Waals surface area contributed by atoms with Crippen LogP contribution in [0.25, 0.3) is 0 Å². The normalized spacial score (nSPS) is 34.8. The van der Waals surface area contributed by atoms with E-state index < -0.39 is 52.8 Å². The Balaban J connectivity index is 1.28. The molecule has 4 fully saturated rings. The summed E-state index contributed by atoms with van der Waals surface area (Å²) in [7, 11) is 0. The summed E-state index contributed by atoms with van der Waals surface area (Å²) < 4.78 is 23.9. The van der Waals surface area contributed by atoms with E-state index in [1.54, 1.807) is 0 Å². The number of ether oxygens (including phenoxy) is 4. The zero-order chi connectivity index (χ0) is 41.1. The van der Waals surface area contributed by atoms with Gasteiger partial charge in [0.1, 0.15) is 24.4 Å². The van der Waals surface area contributed by atoms with E-state index >= 15 is 0 Å². The lowest BCUT2D eigenvalue weighted by atomic mass is 9.75. The van der Waals surface area contributed by atoms with E-state index in [9.17, 15) is 33.9 Å². The highest BCUT2D eigenvalue weighted by molar-refractivity contribution is 5.91. The van der Waals surface area contributed by atoms with Crippen molar-refractivity contribution >= 4 is 35.7 Å². The third-order valence-corrected chi connectivity index (χ3v) is 12.9. The fraction of sp³-hybridized carbons (Fsp3) is 0.674. The highest BCUT2D eigenvalue weighted by Crippen LogP contribution is 2.52. The van der Waals surface area contributed by atoms with E-state index in [1.807, 2.05) is 13.8 Å². The number of rotatable bonds is 16. The predicted molar refractivity (Wildman–Crippen MR) is 205 cm³/mol. The molecule has 0 aromatic carbocycles. The number of aliphatic carboxylic acids is 2. The summed E-state index contributed by atoms with van der Waals surface area (Å²) in [4.78, 5) is 74.0. The molecule has 4 N–H and O–H groups in total. The summed E-state index contributed by atoms with van der Waals surface area (Å²) in [5.41, 5.74) is 1.33. The maximum atomic E-state index is 13.8. The first-order valence-electron chi connectivity index (χ1n) is 20.5. The first-order valence-corrected chi connectivity index (χ1v) is 20.5. The van der Waals surface area contributed by atoms with Crippen LogP contribution in [0.4, 0.5) is 0 Å². The molecule has 312 valence electrons. The molecular formula is C43H58N2O12. The van der Waals surface area contributed by atoms with Crippen LogP contribution >= 0.6 is 0 Å². The van der Waals surface area contributed by atoms with Crippen molar-refractivity contribution in [1.82, 2.24) is 10.6 Å². The molecule has 6 rings (SSSR count). The van der Waals surface area contributed by atoms with E-state index in [4.69, 9.17) is 24.1 Å². The number of epoxide rings is 2. The minimum Gasteiger partial charge on any atom is -0.481 e. The third-order valence-electron chi connectivity index (χ3n) is 12.9. The maximum Gasteiger partial charge on any atom is 0.334 e. The number of carboxylic acid groups (broad SMARTS) is 2. The molecule has 0 spiro atoms. The van der Waals surface area contributed by atoms with Gasteiger partial charge in [-0.1, -0.05) is 36.5 Å². The molecule has 4 saturated heterocycles. The average Bonchev–Trinajstić information content (AvgIpc) is 3.96. The van der Waals surface area contributed by atoms with Crippen molar-refractivity contribution in [3.8, 4) is 0 Å². The number of hydrogen-bond acceptors (Lipinski definition) is 10. The second kappa shape index (κ2) is 17.3. The molecule has 0 radical (unpaired) electrons. The van der Waals surface area contributed by atoms with Crippen LogP contribution in [-0.2, 0) is 47.7 Å². The number of amides is 2. The van der Waals surface area contributed by atoms with Crippen LogP contribution in [0.3, 0.4) is 0 Å². The number of fused-ring (bicyclic) bond motifs is 6. The molecule has 4 aliphatic heterocycles. The standard InChI is InChI=1S/C43H58N2O12/c1-25-29-13-11-27(9-7-19-41(3)37(56-41)35(29)54-39(25)52)23-43(45-32(47)16-18-34(50)51,21-5-6-22-44-31(46)15-17-33(48)49)24-28-10-8-20-42(4)38(57-42)36-30(14-12-28)26(2)40(53)55-36/h9-10,29-30,35-38H,1-2,5-8,11-24H2,3-4H3,(H,44,46)(H,45,47)(H,48,49)(H,50,51)/b27-9+,28-10+/t29-,30-,35-,36-,37-,38-,41+,42+/m0/s1. The fourth-order valence-electron chi connectivity index (χ4n) is 9.52. The van der Waals surface area contributed by atoms with Gasteiger partial charge in [0.2, 0.25) is 11.8 Å². The van der Waals surface area contributed by atoms with Gasteiger partial charge < -0.3 is 39.8 Å². The van der Waals surface area contributed by atoms with Crippen molar-refractivity contribution in [2.75, 3.05) is 6.54 Å². The lowest BCUT2D eigenvalue weighted by Gasteiger charge is -2.38. The minimum absolute atomic E-state index is 0.118. The largest absolute Gasteiger partial charge is 0.481 e. The van der Waals surface area contributed by atoms with Crippen molar-refractivity contribution in [2.45, 2.75) is 164 Å². The quantitative estimate of drug-likeness (QED) is 0.0526. The van der Waals surface area contributed by atoms with Gasteiger partial charge in [0.05, 0.1) is 24.0 Å². The smallest absolute Gasteiger partial charge is 0.334 e. The molecule has 0 aromatic rings.